The summed E-state index contributed by atoms with van der Waals surface area (Å²) in [5, 5.41) is 6.97. The van der Waals surface area contributed by atoms with Crippen LogP contribution in [0.4, 0.5) is 5.69 Å². The molecule has 4 rings (SSSR count). The van der Waals surface area contributed by atoms with Crippen LogP contribution in [0, 0.1) is 0 Å². The Kier molecular flexibility index (Phi) is 3.30. The van der Waals surface area contributed by atoms with Crippen LogP contribution < -0.4 is 10.6 Å². The molecule has 0 fully saturated rings. The van der Waals surface area contributed by atoms with E-state index < -0.39 is 30.4 Å². The third kappa shape index (κ3) is 3.12. The minimum Gasteiger partial charge on any atom is -0.456 e. The van der Waals surface area contributed by atoms with Gasteiger partial charge >= 0.3 is 5.97 Å². The number of nitrogens with one attached hydrogen (secondary N) is 2. The molecule has 0 spiro atoms. The fraction of sp³-hybridized carbons (Fsp3) is 0.350. The summed E-state index contributed by atoms with van der Waals surface area (Å²) in [7, 11) is 0. The van der Waals surface area contributed by atoms with E-state index >= 15 is 0 Å². The van der Waals surface area contributed by atoms with Crippen molar-refractivity contribution in [2.75, 3.05) is 11.9 Å². The molecule has 0 radical (unpaired) electrons. The Morgan fingerprint density at radius 3 is 2.89 bits per heavy atom. The van der Waals surface area contributed by atoms with Gasteiger partial charge in [-0.1, -0.05) is 0 Å². The molecule has 140 valence electrons. The number of benzene rings is 1. The number of nitrogens with zero attached hydrogens (tertiary/aromatic N) is 1. The summed E-state index contributed by atoms with van der Waals surface area (Å²) >= 11 is 1.24. The first-order valence-corrected chi connectivity index (χ1v) is 9.39. The molecular formula is C20H21N3O3S. The lowest BCUT2D eigenvalue weighted by Crippen LogP contribution is -2.34. The first kappa shape index (κ1) is 14.4. The molecule has 2 aromatic heterocycles. The summed E-state index contributed by atoms with van der Waals surface area (Å²) in [5.74, 6) is -0.936. The first-order chi connectivity index (χ1) is 14.0. The van der Waals surface area contributed by atoms with Crippen molar-refractivity contribution in [3.63, 3.8) is 0 Å². The quantitative estimate of drug-likeness (QED) is 0.619. The topological polar surface area (TPSA) is 80.3 Å². The Balaban J connectivity index is 1.93. The molecule has 6 nitrogen and oxygen atoms in total. The molecule has 1 aliphatic heterocycles. The molecule has 0 bridgehead atoms. The number of carbonyl (C=O) groups is 2. The van der Waals surface area contributed by atoms with Gasteiger partial charge in [0.05, 0.1) is 16.8 Å². The number of hydrogen-bond acceptors (Lipinski definition) is 6. The van der Waals surface area contributed by atoms with Crippen LogP contribution in [0.15, 0.2) is 24.4 Å². The second kappa shape index (κ2) is 6.20. The van der Waals surface area contributed by atoms with Crippen molar-refractivity contribution < 1.29 is 18.4 Å². The number of hydrogen-bond donors (Lipinski definition) is 2. The van der Waals surface area contributed by atoms with Crippen LogP contribution >= 0.6 is 11.3 Å². The first-order valence-electron chi connectivity index (χ1n) is 10.1. The number of carbonyl (C=O) groups excluding carboxylic acids is 2. The van der Waals surface area contributed by atoms with Gasteiger partial charge in [-0.3, -0.25) is 9.78 Å². The second-order valence-corrected chi connectivity index (χ2v) is 8.46. The molecular weight excluding hydrogens is 362 g/mol. The zero-order valence-electron chi connectivity index (χ0n) is 18.2. The number of ether oxygens (including phenoxy) is 1. The van der Waals surface area contributed by atoms with Crippen molar-refractivity contribution in [2.24, 2.45) is 0 Å². The lowest BCUT2D eigenvalue weighted by atomic mass is 10.0. The minimum absolute atomic E-state index is 0.0412. The largest absolute Gasteiger partial charge is 0.456 e. The van der Waals surface area contributed by atoms with E-state index in [0.717, 1.165) is 4.70 Å². The molecule has 0 saturated carbocycles. The van der Waals surface area contributed by atoms with E-state index in [1.165, 1.54) is 11.3 Å². The van der Waals surface area contributed by atoms with Gasteiger partial charge in [-0.15, -0.1) is 11.3 Å². The van der Waals surface area contributed by atoms with E-state index in [1.54, 1.807) is 39.1 Å². The monoisotopic (exact) mass is 386 g/mol. The maximum atomic E-state index is 12.9. The van der Waals surface area contributed by atoms with E-state index in [1.807, 2.05) is 6.07 Å². The van der Waals surface area contributed by atoms with Crippen LogP contribution in [0.3, 0.4) is 0 Å². The number of thiophene rings is 1. The summed E-state index contributed by atoms with van der Waals surface area (Å²) < 4.78 is 29.3. The van der Waals surface area contributed by atoms with E-state index in [4.69, 9.17) is 8.85 Å². The average Bonchev–Trinajstić information content (AvgIpc) is 2.92. The summed E-state index contributed by atoms with van der Waals surface area (Å²) in [4.78, 5) is 30.4. The third-order valence-electron chi connectivity index (χ3n) is 4.17. The van der Waals surface area contributed by atoms with Crippen LogP contribution in [0.1, 0.15) is 51.8 Å². The molecule has 1 atom stereocenters. The van der Waals surface area contributed by atoms with Crippen molar-refractivity contribution in [1.29, 1.82) is 0 Å². The Morgan fingerprint density at radius 2 is 2.15 bits per heavy atom. The Morgan fingerprint density at radius 1 is 1.33 bits per heavy atom. The highest BCUT2D eigenvalue weighted by atomic mass is 32.1. The van der Waals surface area contributed by atoms with Crippen molar-refractivity contribution in [2.45, 2.75) is 39.3 Å². The molecule has 3 heterocycles. The minimum atomic E-state index is -2.34. The predicted molar refractivity (Wildman–Crippen MR) is 108 cm³/mol. The van der Waals surface area contributed by atoms with Crippen molar-refractivity contribution in [3.05, 3.63) is 34.8 Å². The molecule has 7 heteroatoms. The molecule has 0 aliphatic carbocycles. The number of pyridine rings is 1. The summed E-state index contributed by atoms with van der Waals surface area (Å²) in [6.07, 6.45) is 1.54. The Hall–Kier alpha value is -2.67. The fourth-order valence-corrected chi connectivity index (χ4v) is 4.24. The number of aromatic nitrogens is 1. The molecule has 2 N–H and O–H groups in total. The number of esters is 1. The van der Waals surface area contributed by atoms with Crippen LogP contribution in [-0.4, -0.2) is 35.0 Å². The van der Waals surface area contributed by atoms with Gasteiger partial charge in [0.25, 0.3) is 5.91 Å². The van der Waals surface area contributed by atoms with E-state index in [2.05, 4.69) is 15.6 Å². The molecule has 1 unspecified atom stereocenters. The Bertz CT molecular complexity index is 1180. The molecule has 1 amide bonds. The van der Waals surface area contributed by atoms with Gasteiger partial charge in [-0.05, 0) is 45.8 Å². The van der Waals surface area contributed by atoms with Crippen molar-refractivity contribution in [3.8, 4) is 0 Å². The number of rotatable bonds is 1. The van der Waals surface area contributed by atoms with Gasteiger partial charge in [0.15, 0.2) is 0 Å². The zero-order valence-corrected chi connectivity index (χ0v) is 16.0. The predicted octanol–water partition coefficient (Wildman–Crippen LogP) is 3.95. The molecule has 3 aromatic rings. The van der Waals surface area contributed by atoms with Crippen LogP contribution in [0.25, 0.3) is 21.0 Å². The van der Waals surface area contributed by atoms with Gasteiger partial charge in [-0.25, -0.2) is 4.79 Å². The molecule has 1 aromatic carbocycles. The van der Waals surface area contributed by atoms with Gasteiger partial charge in [0.2, 0.25) is 0 Å². The molecule has 27 heavy (non-hydrogen) atoms. The van der Waals surface area contributed by atoms with Crippen molar-refractivity contribution in [1.82, 2.24) is 10.3 Å². The fourth-order valence-electron chi connectivity index (χ4n) is 3.15. The molecule has 1 aliphatic rings. The maximum Gasteiger partial charge on any atom is 0.339 e. The number of fused-ring (bicyclic) bond motifs is 5. The normalized spacial score (nSPS) is 19.3. The van der Waals surface area contributed by atoms with Gasteiger partial charge in [0.1, 0.15) is 10.5 Å². The Labute approximate surface area is 165 Å². The maximum absolute atomic E-state index is 12.9. The zero-order chi connectivity index (χ0) is 21.8. The second-order valence-electron chi connectivity index (χ2n) is 7.41. The van der Waals surface area contributed by atoms with Crippen LogP contribution in [0.2, 0.25) is 0 Å². The number of amides is 1. The van der Waals surface area contributed by atoms with E-state index in [0.29, 0.717) is 32.4 Å². The average molecular weight is 386 g/mol. The SMILES string of the molecule is [2H]C([2H])([2H])C1CNc2c(sc3ccc4nccc(C(=O)OC(C)(C)C)c4c23)C(=O)N1. The van der Waals surface area contributed by atoms with E-state index in [-0.39, 0.29) is 6.54 Å². The highest BCUT2D eigenvalue weighted by molar-refractivity contribution is 7.21. The molecule has 0 saturated heterocycles. The van der Waals surface area contributed by atoms with Gasteiger partial charge in [0, 0.05) is 38.4 Å². The highest BCUT2D eigenvalue weighted by Crippen LogP contribution is 2.42. The van der Waals surface area contributed by atoms with E-state index in [9.17, 15) is 9.59 Å². The smallest absolute Gasteiger partial charge is 0.339 e. The van der Waals surface area contributed by atoms with Gasteiger partial charge < -0.3 is 15.4 Å². The summed E-state index contributed by atoms with van der Waals surface area (Å²) in [6, 6.07) is 4.23. The summed E-state index contributed by atoms with van der Waals surface area (Å²) in [6.45, 7) is 3.08. The van der Waals surface area contributed by atoms with Crippen LogP contribution in [0.5, 0.6) is 0 Å². The highest BCUT2D eigenvalue weighted by Gasteiger charge is 2.27. The van der Waals surface area contributed by atoms with Crippen LogP contribution in [-0.2, 0) is 4.74 Å². The lowest BCUT2D eigenvalue weighted by molar-refractivity contribution is 0.00717. The number of anilines is 1. The lowest BCUT2D eigenvalue weighted by Gasteiger charge is -2.20. The van der Waals surface area contributed by atoms with Crippen molar-refractivity contribution >= 4 is 49.9 Å². The van der Waals surface area contributed by atoms with Gasteiger partial charge in [-0.2, -0.15) is 0 Å². The summed E-state index contributed by atoms with van der Waals surface area (Å²) in [5.41, 5.74) is 0.782. The third-order valence-corrected chi connectivity index (χ3v) is 5.33. The standard InChI is InChI=1S/C20H21N3O3S/c1-10-9-22-16-15-13(27-17(16)18(24)23-10)6-5-12-14(15)11(7-8-21-12)19(25)26-20(2,3)4/h5-8,10,22H,9H2,1-4H3,(H,23,24)/i1D3.